The second kappa shape index (κ2) is 5.82. The van der Waals surface area contributed by atoms with Crippen LogP contribution in [0.4, 0.5) is 0 Å². The molecular formula is C11H13O6P. The molecule has 1 aromatic carbocycles. The maximum Gasteiger partial charge on any atom is 0.524 e. The van der Waals surface area contributed by atoms with E-state index in [2.05, 4.69) is 11.1 Å². The zero-order valence-corrected chi connectivity index (χ0v) is 10.5. The molecule has 1 aromatic rings. The van der Waals surface area contributed by atoms with Crippen molar-refractivity contribution in [3.8, 4) is 5.75 Å². The maximum absolute atomic E-state index is 11.1. The van der Waals surface area contributed by atoms with Crippen LogP contribution in [0.3, 0.4) is 0 Å². The smallest absolute Gasteiger partial charge is 0.454 e. The molecule has 6 nitrogen and oxygen atoms in total. The van der Waals surface area contributed by atoms with E-state index in [1.165, 1.54) is 6.07 Å². The van der Waals surface area contributed by atoms with Gasteiger partial charge in [-0.25, -0.2) is 9.36 Å². The van der Waals surface area contributed by atoms with E-state index in [-0.39, 0.29) is 5.75 Å². The molecule has 2 N–H and O–H groups in total. The van der Waals surface area contributed by atoms with Gasteiger partial charge in [-0.3, -0.25) is 9.79 Å². The fraction of sp³-hybridized carbons (Fsp3) is 0.182. The van der Waals surface area contributed by atoms with Gasteiger partial charge in [-0.05, 0) is 13.0 Å². The highest BCUT2D eigenvalue weighted by atomic mass is 31.2. The highest BCUT2D eigenvalue weighted by Crippen LogP contribution is 2.40. The molecule has 0 radical (unpaired) electrons. The maximum atomic E-state index is 11.1. The Morgan fingerprint density at radius 3 is 2.61 bits per heavy atom. The molecule has 0 amide bonds. The molecule has 7 heteroatoms. The molecule has 1 atom stereocenters. The minimum absolute atomic E-state index is 0.0322. The Kier molecular flexibility index (Phi) is 4.67. The first kappa shape index (κ1) is 14.4. The third kappa shape index (κ3) is 4.33. The van der Waals surface area contributed by atoms with E-state index in [0.717, 1.165) is 6.08 Å². The van der Waals surface area contributed by atoms with E-state index >= 15 is 0 Å². The van der Waals surface area contributed by atoms with Crippen molar-refractivity contribution in [1.82, 2.24) is 0 Å². The molecule has 0 aliphatic heterocycles. The van der Waals surface area contributed by atoms with E-state index < -0.39 is 19.9 Å². The summed E-state index contributed by atoms with van der Waals surface area (Å²) in [7, 11) is -4.66. The minimum atomic E-state index is -4.66. The average Bonchev–Trinajstić information content (AvgIpc) is 2.27. The first-order chi connectivity index (χ1) is 8.33. The van der Waals surface area contributed by atoms with Crippen molar-refractivity contribution < 1.29 is 28.4 Å². The number of phosphoric ester groups is 1. The first-order valence-electron chi connectivity index (χ1n) is 5.00. The summed E-state index contributed by atoms with van der Waals surface area (Å²) in [6.45, 7) is 4.82. The number of hydrogen-bond acceptors (Lipinski definition) is 4. The Hall–Kier alpha value is -1.62. The van der Waals surface area contributed by atoms with Crippen LogP contribution in [0.1, 0.15) is 18.6 Å². The molecule has 0 saturated carbocycles. The highest BCUT2D eigenvalue weighted by Gasteiger charge is 2.21. The summed E-state index contributed by atoms with van der Waals surface area (Å²) in [4.78, 5) is 28.6. The summed E-state index contributed by atoms with van der Waals surface area (Å²) >= 11 is 0. The number of rotatable bonds is 5. The van der Waals surface area contributed by atoms with E-state index in [1.807, 2.05) is 0 Å². The van der Waals surface area contributed by atoms with Crippen molar-refractivity contribution >= 4 is 13.8 Å². The lowest BCUT2D eigenvalue weighted by Gasteiger charge is -2.16. The molecule has 0 bridgehead atoms. The predicted molar refractivity (Wildman–Crippen MR) is 63.8 cm³/mol. The molecule has 18 heavy (non-hydrogen) atoms. The summed E-state index contributed by atoms with van der Waals surface area (Å²) in [5.74, 6) is -0.663. The molecule has 0 saturated heterocycles. The number of phosphoric acid groups is 1. The summed E-state index contributed by atoms with van der Waals surface area (Å²) in [5.41, 5.74) is 0.357. The van der Waals surface area contributed by atoms with Gasteiger partial charge in [-0.1, -0.05) is 24.8 Å². The third-order valence-electron chi connectivity index (χ3n) is 2.03. The van der Waals surface area contributed by atoms with Crippen LogP contribution in [0.5, 0.6) is 5.75 Å². The van der Waals surface area contributed by atoms with Crippen molar-refractivity contribution in [3.05, 3.63) is 42.5 Å². The van der Waals surface area contributed by atoms with Crippen LogP contribution >= 0.6 is 7.82 Å². The Bertz CT molecular complexity index is 492. The van der Waals surface area contributed by atoms with Crippen LogP contribution in [0, 0.1) is 0 Å². The topological polar surface area (TPSA) is 93.1 Å². The molecule has 0 spiro atoms. The molecule has 0 heterocycles. The van der Waals surface area contributed by atoms with Crippen LogP contribution < -0.4 is 4.52 Å². The quantitative estimate of drug-likeness (QED) is 0.483. The molecule has 98 valence electrons. The van der Waals surface area contributed by atoms with Gasteiger partial charge in [0.1, 0.15) is 11.9 Å². The van der Waals surface area contributed by atoms with Crippen molar-refractivity contribution in [3.63, 3.8) is 0 Å². The highest BCUT2D eigenvalue weighted by molar-refractivity contribution is 7.46. The third-order valence-corrected chi connectivity index (χ3v) is 2.47. The largest absolute Gasteiger partial charge is 0.524 e. The monoisotopic (exact) mass is 272 g/mol. The van der Waals surface area contributed by atoms with Gasteiger partial charge >= 0.3 is 13.8 Å². The van der Waals surface area contributed by atoms with Gasteiger partial charge in [0.05, 0.1) is 0 Å². The molecule has 1 rings (SSSR count). The van der Waals surface area contributed by atoms with Crippen LogP contribution in [-0.2, 0) is 14.1 Å². The van der Waals surface area contributed by atoms with Crippen molar-refractivity contribution in [2.45, 2.75) is 13.0 Å². The number of carbonyl (C=O) groups excluding carboxylic acids is 1. The lowest BCUT2D eigenvalue weighted by molar-refractivity contribution is -0.142. The van der Waals surface area contributed by atoms with Crippen LogP contribution in [0.25, 0.3) is 0 Å². The van der Waals surface area contributed by atoms with Gasteiger partial charge in [0, 0.05) is 11.6 Å². The number of esters is 1. The van der Waals surface area contributed by atoms with Crippen LogP contribution in [-0.4, -0.2) is 15.8 Å². The molecule has 0 aromatic heterocycles. The average molecular weight is 272 g/mol. The summed E-state index contributed by atoms with van der Waals surface area (Å²) < 4.78 is 20.3. The first-order valence-corrected chi connectivity index (χ1v) is 6.53. The predicted octanol–water partition coefficient (Wildman–Crippen LogP) is 1.95. The van der Waals surface area contributed by atoms with Gasteiger partial charge in [-0.15, -0.1) is 0 Å². The number of carbonyl (C=O) groups is 1. The van der Waals surface area contributed by atoms with Crippen molar-refractivity contribution in [1.29, 1.82) is 0 Å². The van der Waals surface area contributed by atoms with Gasteiger partial charge < -0.3 is 9.26 Å². The summed E-state index contributed by atoms with van der Waals surface area (Å²) in [6, 6.07) is 6.12. The van der Waals surface area contributed by atoms with Gasteiger partial charge in [0.15, 0.2) is 0 Å². The second-order valence-electron chi connectivity index (χ2n) is 3.40. The lowest BCUT2D eigenvalue weighted by atomic mass is 10.1. The number of hydrogen-bond donors (Lipinski definition) is 2. The number of para-hydroxylation sites is 1. The zero-order chi connectivity index (χ0) is 13.8. The molecule has 0 aliphatic carbocycles. The Balaban J connectivity index is 2.97. The minimum Gasteiger partial charge on any atom is -0.454 e. The summed E-state index contributed by atoms with van der Waals surface area (Å²) in [5, 5.41) is 0. The van der Waals surface area contributed by atoms with Gasteiger partial charge in [0.2, 0.25) is 0 Å². The Labute approximate surface area is 104 Å². The molecular weight excluding hydrogens is 259 g/mol. The Morgan fingerprint density at radius 1 is 1.44 bits per heavy atom. The lowest BCUT2D eigenvalue weighted by Crippen LogP contribution is -2.07. The van der Waals surface area contributed by atoms with Crippen LogP contribution in [0.15, 0.2) is 36.9 Å². The SMILES string of the molecule is C=CC(=O)OC(C)c1ccccc1OP(=O)(O)O. The fourth-order valence-corrected chi connectivity index (χ4v) is 1.74. The molecule has 1 unspecified atom stereocenters. The van der Waals surface area contributed by atoms with Crippen molar-refractivity contribution in [2.24, 2.45) is 0 Å². The zero-order valence-electron chi connectivity index (χ0n) is 9.65. The van der Waals surface area contributed by atoms with Crippen molar-refractivity contribution in [2.75, 3.05) is 0 Å². The van der Waals surface area contributed by atoms with E-state index in [9.17, 15) is 9.36 Å². The van der Waals surface area contributed by atoms with Gasteiger partial charge in [-0.2, -0.15) is 0 Å². The number of benzene rings is 1. The van der Waals surface area contributed by atoms with E-state index in [4.69, 9.17) is 14.5 Å². The fourth-order valence-electron chi connectivity index (χ4n) is 1.31. The normalized spacial score (nSPS) is 12.6. The second-order valence-corrected chi connectivity index (χ2v) is 4.57. The van der Waals surface area contributed by atoms with Gasteiger partial charge in [0.25, 0.3) is 0 Å². The number of ether oxygens (including phenoxy) is 1. The molecule has 0 aliphatic rings. The standard InChI is InChI=1S/C11H13O6P/c1-3-11(12)16-8(2)9-6-4-5-7-10(9)17-18(13,14)15/h3-8H,1H2,2H3,(H2,13,14,15). The van der Waals surface area contributed by atoms with Crippen LogP contribution in [0.2, 0.25) is 0 Å². The van der Waals surface area contributed by atoms with E-state index in [1.54, 1.807) is 25.1 Å². The summed E-state index contributed by atoms with van der Waals surface area (Å²) in [6.07, 6.45) is 0.293. The van der Waals surface area contributed by atoms with E-state index in [0.29, 0.717) is 5.56 Å². The Morgan fingerprint density at radius 2 is 2.06 bits per heavy atom. The molecule has 0 fully saturated rings.